The predicted molar refractivity (Wildman–Crippen MR) is 101 cm³/mol. The van der Waals surface area contributed by atoms with Gasteiger partial charge in [-0.2, -0.15) is 0 Å². The molecule has 3 heteroatoms. The molecule has 3 aliphatic rings. The Morgan fingerprint density at radius 2 is 1.70 bits per heavy atom. The molecule has 3 aliphatic carbocycles. The van der Waals surface area contributed by atoms with Crippen LogP contribution >= 0.6 is 12.2 Å². The highest BCUT2D eigenvalue weighted by Crippen LogP contribution is 2.47. The van der Waals surface area contributed by atoms with Gasteiger partial charge in [0.2, 0.25) is 0 Å². The van der Waals surface area contributed by atoms with E-state index in [4.69, 9.17) is 12.2 Å². The van der Waals surface area contributed by atoms with Gasteiger partial charge in [-0.25, -0.2) is 0 Å². The fourth-order valence-electron chi connectivity index (χ4n) is 5.26. The summed E-state index contributed by atoms with van der Waals surface area (Å²) in [5.41, 5.74) is 3.27. The van der Waals surface area contributed by atoms with Crippen molar-refractivity contribution in [1.82, 2.24) is 5.01 Å². The molecule has 4 rings (SSSR count). The lowest BCUT2D eigenvalue weighted by atomic mass is 9.93. The Balaban J connectivity index is 1.63. The molecule has 0 radical (unpaired) electrons. The zero-order valence-corrected chi connectivity index (χ0v) is 14.8. The van der Waals surface area contributed by atoms with Crippen molar-refractivity contribution in [2.45, 2.75) is 69.9 Å². The molecular weight excluding hydrogens is 300 g/mol. The van der Waals surface area contributed by atoms with E-state index in [1.54, 1.807) is 0 Å². The Labute approximate surface area is 145 Å². The maximum absolute atomic E-state index is 5.53. The number of hydrogen-bond acceptors (Lipinski definition) is 2. The summed E-state index contributed by atoms with van der Waals surface area (Å²) >= 11 is 5.53. The molecule has 0 aliphatic heterocycles. The Hall–Kier alpha value is -1.09. The molecule has 23 heavy (non-hydrogen) atoms. The van der Waals surface area contributed by atoms with Gasteiger partial charge >= 0.3 is 0 Å². The van der Waals surface area contributed by atoms with Crippen LogP contribution in [0, 0.1) is 11.8 Å². The first-order valence-electron chi connectivity index (χ1n) is 9.44. The van der Waals surface area contributed by atoms with Crippen LogP contribution in [0.3, 0.4) is 0 Å². The van der Waals surface area contributed by atoms with Crippen molar-refractivity contribution in [3.63, 3.8) is 0 Å². The molecular formula is C20H28N2S. The van der Waals surface area contributed by atoms with Gasteiger partial charge < -0.3 is 0 Å². The van der Waals surface area contributed by atoms with Crippen LogP contribution in [0.5, 0.6) is 0 Å². The second-order valence-electron chi connectivity index (χ2n) is 7.70. The summed E-state index contributed by atoms with van der Waals surface area (Å²) in [7, 11) is 0. The Kier molecular flexibility index (Phi) is 4.57. The summed E-state index contributed by atoms with van der Waals surface area (Å²) in [6.07, 6.45) is 12.3. The summed E-state index contributed by atoms with van der Waals surface area (Å²) in [6, 6.07) is 12.2. The third-order valence-electron chi connectivity index (χ3n) is 6.34. The van der Waals surface area contributed by atoms with E-state index in [0.717, 1.165) is 11.8 Å². The van der Waals surface area contributed by atoms with Gasteiger partial charge in [-0.3, -0.25) is 10.0 Å². The number of rotatable bonds is 5. The molecule has 2 nitrogen and oxygen atoms in total. The lowest BCUT2D eigenvalue weighted by Gasteiger charge is -2.47. The minimum atomic E-state index is 0.615. The highest BCUT2D eigenvalue weighted by atomic mass is 32.1. The second kappa shape index (κ2) is 6.80. The van der Waals surface area contributed by atoms with E-state index in [1.165, 1.54) is 63.5 Å². The van der Waals surface area contributed by atoms with Crippen LogP contribution in [-0.2, 0) is 0 Å². The Bertz CT molecular complexity index is 526. The van der Waals surface area contributed by atoms with Crippen LogP contribution < -0.4 is 5.01 Å². The molecule has 0 spiro atoms. The summed E-state index contributed by atoms with van der Waals surface area (Å²) in [5.74, 6) is 1.81. The zero-order valence-electron chi connectivity index (χ0n) is 13.9. The zero-order chi connectivity index (χ0) is 15.6. The maximum atomic E-state index is 5.53. The molecule has 3 fully saturated rings. The molecule has 3 atom stereocenters. The largest absolute Gasteiger partial charge is 0.282 e. The quantitative estimate of drug-likeness (QED) is 0.542. The number of hydrazine groups is 1. The van der Waals surface area contributed by atoms with Crippen LogP contribution in [0.15, 0.2) is 30.3 Å². The normalized spacial score (nSPS) is 30.3. The predicted octanol–water partition coefficient (Wildman–Crippen LogP) is 5.19. The van der Waals surface area contributed by atoms with Gasteiger partial charge in [0, 0.05) is 0 Å². The summed E-state index contributed by atoms with van der Waals surface area (Å²) in [4.78, 5) is 0. The van der Waals surface area contributed by atoms with E-state index >= 15 is 0 Å². The van der Waals surface area contributed by atoms with E-state index < -0.39 is 0 Å². The fraction of sp³-hybridized carbons (Fsp3) is 0.650. The molecule has 0 N–H and O–H groups in total. The summed E-state index contributed by atoms with van der Waals surface area (Å²) in [5, 5.41) is 5.03. The Morgan fingerprint density at radius 3 is 2.30 bits per heavy atom. The van der Waals surface area contributed by atoms with Crippen LogP contribution in [0.1, 0.15) is 57.8 Å². The van der Waals surface area contributed by atoms with Crippen molar-refractivity contribution in [3.8, 4) is 0 Å². The molecule has 0 amide bonds. The van der Waals surface area contributed by atoms with Gasteiger partial charge in [-0.15, -0.1) is 0 Å². The number of benzene rings is 1. The van der Waals surface area contributed by atoms with Crippen molar-refractivity contribution in [1.29, 1.82) is 0 Å². The highest BCUT2D eigenvalue weighted by molar-refractivity contribution is 7.78. The molecule has 0 heterocycles. The number of anilines is 1. The standard InChI is InChI=1S/C20H28N2S/c23-15-21(20-14-16-11-12-17(20)13-16)22(18-7-3-1-4-8-18)19-9-5-2-6-10-19/h1,3-4,7-8,15-17,19-20H,2,5-6,9-14H2. The molecule has 3 saturated carbocycles. The minimum Gasteiger partial charge on any atom is -0.282 e. The smallest absolute Gasteiger partial charge is 0.0845 e. The van der Waals surface area contributed by atoms with Gasteiger partial charge in [-0.1, -0.05) is 56.1 Å². The van der Waals surface area contributed by atoms with Crippen LogP contribution in [0.4, 0.5) is 5.69 Å². The van der Waals surface area contributed by atoms with Crippen LogP contribution in [0.25, 0.3) is 0 Å². The monoisotopic (exact) mass is 328 g/mol. The molecule has 2 bridgehead atoms. The van der Waals surface area contributed by atoms with Gasteiger partial charge in [-0.05, 0) is 56.1 Å². The van der Waals surface area contributed by atoms with Crippen molar-refractivity contribution in [2.24, 2.45) is 11.8 Å². The van der Waals surface area contributed by atoms with Crippen molar-refractivity contribution in [3.05, 3.63) is 30.3 Å². The first-order chi connectivity index (χ1) is 11.4. The first-order valence-corrected chi connectivity index (χ1v) is 9.92. The number of nitrogens with zero attached hydrogens (tertiary/aromatic N) is 2. The summed E-state index contributed by atoms with van der Waals surface area (Å²) < 4.78 is 0. The van der Waals surface area contributed by atoms with Gasteiger partial charge in [0.15, 0.2) is 0 Å². The molecule has 3 unspecified atom stereocenters. The lowest BCUT2D eigenvalue weighted by Crippen LogP contribution is -2.54. The average molecular weight is 329 g/mol. The second-order valence-corrected chi connectivity index (χ2v) is 7.91. The first kappa shape index (κ1) is 15.4. The van der Waals surface area contributed by atoms with Gasteiger partial charge in [0.05, 0.1) is 23.3 Å². The third-order valence-corrected chi connectivity index (χ3v) is 6.55. The van der Waals surface area contributed by atoms with Gasteiger partial charge in [0.25, 0.3) is 0 Å². The van der Waals surface area contributed by atoms with Crippen molar-refractivity contribution in [2.75, 3.05) is 5.01 Å². The van der Waals surface area contributed by atoms with Crippen molar-refractivity contribution < 1.29 is 0 Å². The van der Waals surface area contributed by atoms with E-state index in [2.05, 4.69) is 40.3 Å². The minimum absolute atomic E-state index is 0.615. The molecule has 0 saturated heterocycles. The number of thiocarbonyl (C=S) groups is 1. The van der Waals surface area contributed by atoms with E-state index in [0.29, 0.717) is 12.1 Å². The van der Waals surface area contributed by atoms with E-state index in [-0.39, 0.29) is 0 Å². The maximum Gasteiger partial charge on any atom is 0.0845 e. The molecule has 1 aromatic carbocycles. The van der Waals surface area contributed by atoms with E-state index in [1.807, 2.05) is 5.49 Å². The van der Waals surface area contributed by atoms with Crippen LogP contribution in [-0.4, -0.2) is 22.6 Å². The number of hydrogen-bond donors (Lipinski definition) is 0. The van der Waals surface area contributed by atoms with Crippen molar-refractivity contribution >= 4 is 23.4 Å². The third kappa shape index (κ3) is 3.00. The lowest BCUT2D eigenvalue weighted by molar-refractivity contribution is 0.189. The summed E-state index contributed by atoms with van der Waals surface area (Å²) in [6.45, 7) is 0. The van der Waals surface area contributed by atoms with Gasteiger partial charge in [0.1, 0.15) is 0 Å². The number of fused-ring (bicyclic) bond motifs is 2. The fourth-order valence-corrected chi connectivity index (χ4v) is 5.52. The van der Waals surface area contributed by atoms with Crippen LogP contribution in [0.2, 0.25) is 0 Å². The highest BCUT2D eigenvalue weighted by Gasteiger charge is 2.44. The topological polar surface area (TPSA) is 6.48 Å². The Morgan fingerprint density at radius 1 is 0.913 bits per heavy atom. The molecule has 0 aromatic heterocycles. The molecule has 1 aromatic rings. The SMILES string of the molecule is S=CN(C1CC2CCC1C2)N(c1ccccc1)C1CCCCC1. The number of para-hydroxylation sites is 1. The molecule has 124 valence electrons. The van der Waals surface area contributed by atoms with E-state index in [9.17, 15) is 0 Å². The average Bonchev–Trinajstić information content (AvgIpc) is 3.24.